The lowest BCUT2D eigenvalue weighted by molar-refractivity contribution is 0.0928. The summed E-state index contributed by atoms with van der Waals surface area (Å²) in [5.41, 5.74) is 3.55. The second kappa shape index (κ2) is 9.56. The average molecular weight is 466 g/mol. The molecule has 1 N–H and O–H groups in total. The van der Waals surface area contributed by atoms with Gasteiger partial charge < -0.3 is 14.5 Å². The van der Waals surface area contributed by atoms with E-state index in [2.05, 4.69) is 26.3 Å². The molecule has 0 atom stereocenters. The molecule has 0 radical (unpaired) electrons. The third kappa shape index (κ3) is 5.25. The van der Waals surface area contributed by atoms with Crippen LogP contribution >= 0.6 is 15.9 Å². The molecule has 4 aromatic rings. The lowest BCUT2D eigenvalue weighted by Gasteiger charge is -2.09. The maximum atomic E-state index is 12.5. The van der Waals surface area contributed by atoms with Crippen LogP contribution in [0.25, 0.3) is 5.69 Å². The molecule has 6 nitrogen and oxygen atoms in total. The van der Waals surface area contributed by atoms with Gasteiger partial charge >= 0.3 is 0 Å². The molecule has 0 aliphatic heterocycles. The summed E-state index contributed by atoms with van der Waals surface area (Å²) in [6, 6.07) is 19.0. The van der Waals surface area contributed by atoms with Crippen molar-refractivity contribution < 1.29 is 13.9 Å². The van der Waals surface area contributed by atoms with E-state index in [0.717, 1.165) is 27.0 Å². The molecule has 2 aromatic heterocycles. The number of furan rings is 1. The fourth-order valence-corrected chi connectivity index (χ4v) is 3.27. The van der Waals surface area contributed by atoms with Gasteiger partial charge in [0.25, 0.3) is 5.91 Å². The van der Waals surface area contributed by atoms with Crippen LogP contribution in [0, 0.1) is 0 Å². The summed E-state index contributed by atoms with van der Waals surface area (Å²) in [6.45, 7) is 1.35. The number of carbonyl (C=O) groups is 1. The smallest absolute Gasteiger partial charge is 0.251 e. The number of ether oxygens (including phenoxy) is 1. The summed E-state index contributed by atoms with van der Waals surface area (Å²) in [4.78, 5) is 12.5. The van der Waals surface area contributed by atoms with Crippen molar-refractivity contribution in [3.8, 4) is 5.69 Å². The highest BCUT2D eigenvalue weighted by Crippen LogP contribution is 2.14. The van der Waals surface area contributed by atoms with Gasteiger partial charge in [-0.15, -0.1) is 0 Å². The molecule has 30 heavy (non-hydrogen) atoms. The molecule has 7 heteroatoms. The molecular formula is C23H20BrN3O3. The van der Waals surface area contributed by atoms with E-state index in [-0.39, 0.29) is 5.91 Å². The first kappa shape index (κ1) is 20.1. The van der Waals surface area contributed by atoms with Gasteiger partial charge in [0.15, 0.2) is 0 Å². The van der Waals surface area contributed by atoms with E-state index in [1.165, 1.54) is 0 Å². The van der Waals surface area contributed by atoms with Crippen LogP contribution in [0.1, 0.15) is 27.2 Å². The first-order valence-corrected chi connectivity index (χ1v) is 10.2. The maximum Gasteiger partial charge on any atom is 0.251 e. The zero-order valence-corrected chi connectivity index (χ0v) is 17.7. The van der Waals surface area contributed by atoms with E-state index in [1.54, 1.807) is 29.3 Å². The van der Waals surface area contributed by atoms with Crippen molar-refractivity contribution >= 4 is 21.8 Å². The molecular weight excluding hydrogens is 446 g/mol. The molecule has 2 aromatic carbocycles. The van der Waals surface area contributed by atoms with Crippen molar-refractivity contribution in [3.63, 3.8) is 0 Å². The maximum absolute atomic E-state index is 12.5. The predicted octanol–water partition coefficient (Wildman–Crippen LogP) is 4.87. The van der Waals surface area contributed by atoms with Crippen LogP contribution < -0.4 is 5.32 Å². The fraction of sp³-hybridized carbons (Fsp3) is 0.130. The summed E-state index contributed by atoms with van der Waals surface area (Å²) in [6.07, 6.45) is 5.21. The molecule has 0 unspecified atom stereocenters. The minimum Gasteiger partial charge on any atom is -0.467 e. The quantitative estimate of drug-likeness (QED) is 0.402. The van der Waals surface area contributed by atoms with Crippen molar-refractivity contribution in [2.75, 3.05) is 0 Å². The zero-order chi connectivity index (χ0) is 20.8. The molecule has 0 aliphatic rings. The molecule has 2 heterocycles. The van der Waals surface area contributed by atoms with E-state index in [0.29, 0.717) is 25.3 Å². The van der Waals surface area contributed by atoms with Gasteiger partial charge in [0.1, 0.15) is 12.4 Å². The SMILES string of the molecule is O=C(NCc1cccc(COCc2ccco2)c1)c1ccc(-n2cc(Br)cn2)cc1. The largest absolute Gasteiger partial charge is 0.467 e. The van der Waals surface area contributed by atoms with E-state index in [1.807, 2.05) is 54.7 Å². The second-order valence-electron chi connectivity index (χ2n) is 6.72. The number of aromatic nitrogens is 2. The van der Waals surface area contributed by atoms with Crippen LogP contribution in [0.2, 0.25) is 0 Å². The van der Waals surface area contributed by atoms with E-state index >= 15 is 0 Å². The number of hydrogen-bond donors (Lipinski definition) is 1. The van der Waals surface area contributed by atoms with Crippen LogP contribution in [0.4, 0.5) is 0 Å². The van der Waals surface area contributed by atoms with Crippen LogP contribution in [-0.2, 0) is 24.5 Å². The van der Waals surface area contributed by atoms with Crippen molar-refractivity contribution in [2.24, 2.45) is 0 Å². The van der Waals surface area contributed by atoms with Crippen molar-refractivity contribution in [3.05, 3.63) is 106 Å². The Balaban J connectivity index is 1.30. The monoisotopic (exact) mass is 465 g/mol. The highest BCUT2D eigenvalue weighted by molar-refractivity contribution is 9.10. The third-order valence-corrected chi connectivity index (χ3v) is 4.89. The Bertz CT molecular complexity index is 1100. The van der Waals surface area contributed by atoms with Gasteiger partial charge in [0.2, 0.25) is 0 Å². The molecule has 0 spiro atoms. The summed E-state index contributed by atoms with van der Waals surface area (Å²) in [5.74, 6) is 0.673. The number of halogens is 1. The summed E-state index contributed by atoms with van der Waals surface area (Å²) in [5, 5.41) is 7.19. The first-order chi connectivity index (χ1) is 14.7. The van der Waals surface area contributed by atoms with E-state index < -0.39 is 0 Å². The van der Waals surface area contributed by atoms with Gasteiger partial charge in [-0.2, -0.15) is 5.10 Å². The number of rotatable bonds is 8. The molecule has 0 saturated carbocycles. The normalized spacial score (nSPS) is 10.8. The summed E-state index contributed by atoms with van der Waals surface area (Å²) in [7, 11) is 0. The molecule has 4 rings (SSSR count). The van der Waals surface area contributed by atoms with Gasteiger partial charge in [0.05, 0.1) is 29.2 Å². The number of nitrogens with zero attached hydrogens (tertiary/aromatic N) is 2. The van der Waals surface area contributed by atoms with E-state index in [4.69, 9.17) is 9.15 Å². The minimum absolute atomic E-state index is 0.123. The lowest BCUT2D eigenvalue weighted by Crippen LogP contribution is -2.22. The van der Waals surface area contributed by atoms with Gasteiger partial charge in [-0.25, -0.2) is 4.68 Å². The Morgan fingerprint density at radius 3 is 2.63 bits per heavy atom. The fourth-order valence-electron chi connectivity index (χ4n) is 2.99. The standard InChI is InChI=1S/C23H20BrN3O3/c24-20-13-26-27(14-20)21-8-6-19(7-9-21)23(28)25-12-17-3-1-4-18(11-17)15-29-16-22-5-2-10-30-22/h1-11,13-14H,12,15-16H2,(H,25,28). The van der Waals surface area contributed by atoms with Crippen molar-refractivity contribution in [1.82, 2.24) is 15.1 Å². The highest BCUT2D eigenvalue weighted by Gasteiger charge is 2.07. The summed E-state index contributed by atoms with van der Waals surface area (Å²) < 4.78 is 13.6. The molecule has 0 aliphatic carbocycles. The number of nitrogens with one attached hydrogen (secondary N) is 1. The second-order valence-corrected chi connectivity index (χ2v) is 7.64. The Hall–Kier alpha value is -3.16. The Morgan fingerprint density at radius 2 is 1.90 bits per heavy atom. The summed E-state index contributed by atoms with van der Waals surface area (Å²) >= 11 is 3.38. The first-order valence-electron chi connectivity index (χ1n) is 9.44. The van der Waals surface area contributed by atoms with Gasteiger partial charge in [-0.1, -0.05) is 24.3 Å². The molecule has 0 saturated heterocycles. The topological polar surface area (TPSA) is 69.3 Å². The molecule has 0 fully saturated rings. The van der Waals surface area contributed by atoms with Gasteiger partial charge in [-0.05, 0) is 63.5 Å². The average Bonchev–Trinajstić information content (AvgIpc) is 3.44. The zero-order valence-electron chi connectivity index (χ0n) is 16.1. The Morgan fingerprint density at radius 1 is 1.07 bits per heavy atom. The number of benzene rings is 2. The Kier molecular flexibility index (Phi) is 6.41. The van der Waals surface area contributed by atoms with Crippen LogP contribution in [0.15, 0.2) is 88.2 Å². The van der Waals surface area contributed by atoms with Crippen LogP contribution in [0.5, 0.6) is 0 Å². The molecule has 0 bridgehead atoms. The Labute approximate surface area is 182 Å². The van der Waals surface area contributed by atoms with Crippen molar-refractivity contribution in [1.29, 1.82) is 0 Å². The number of carbonyl (C=O) groups excluding carboxylic acids is 1. The molecule has 152 valence electrons. The van der Waals surface area contributed by atoms with Crippen LogP contribution in [-0.4, -0.2) is 15.7 Å². The van der Waals surface area contributed by atoms with Gasteiger partial charge in [-0.3, -0.25) is 4.79 Å². The lowest BCUT2D eigenvalue weighted by atomic mass is 10.1. The third-order valence-electron chi connectivity index (χ3n) is 4.48. The van der Waals surface area contributed by atoms with E-state index in [9.17, 15) is 4.79 Å². The van der Waals surface area contributed by atoms with Crippen molar-refractivity contribution in [2.45, 2.75) is 19.8 Å². The number of hydrogen-bond acceptors (Lipinski definition) is 4. The molecule has 1 amide bonds. The minimum atomic E-state index is -0.123. The predicted molar refractivity (Wildman–Crippen MR) is 116 cm³/mol. The van der Waals surface area contributed by atoms with Crippen LogP contribution in [0.3, 0.4) is 0 Å². The highest BCUT2D eigenvalue weighted by atomic mass is 79.9. The van der Waals surface area contributed by atoms with Gasteiger partial charge in [0, 0.05) is 18.3 Å². The number of amides is 1.